The molecule has 0 N–H and O–H groups in total. The van der Waals surface area contributed by atoms with Gasteiger partial charge in [0.1, 0.15) is 0 Å². The molecule has 1 nitrogen and oxygen atoms in total. The average Bonchev–Trinajstić information content (AvgIpc) is 2.66. The molecule has 1 aromatic carbocycles. The van der Waals surface area contributed by atoms with Gasteiger partial charge in [-0.25, -0.2) is 0 Å². The van der Waals surface area contributed by atoms with E-state index in [4.69, 9.17) is 0 Å². The van der Waals surface area contributed by atoms with Gasteiger partial charge in [-0.1, -0.05) is 28.1 Å². The van der Waals surface area contributed by atoms with Crippen molar-refractivity contribution in [2.75, 3.05) is 18.0 Å². The van der Waals surface area contributed by atoms with Crippen molar-refractivity contribution in [2.24, 2.45) is 0 Å². The van der Waals surface area contributed by atoms with E-state index in [1.54, 1.807) is 0 Å². The first kappa shape index (κ1) is 9.78. The van der Waals surface area contributed by atoms with Gasteiger partial charge in [-0.05, 0) is 37.1 Å². The lowest BCUT2D eigenvalue weighted by Crippen LogP contribution is -2.18. The van der Waals surface area contributed by atoms with Crippen LogP contribution in [0.1, 0.15) is 11.1 Å². The van der Waals surface area contributed by atoms with Gasteiger partial charge >= 0.3 is 0 Å². The topological polar surface area (TPSA) is 3.24 Å². The molecule has 0 atom stereocenters. The van der Waals surface area contributed by atoms with Crippen LogP contribution in [0.4, 0.5) is 5.69 Å². The fourth-order valence-corrected chi connectivity index (χ4v) is 2.02. The number of nitrogens with zero attached hydrogens (tertiary/aromatic N) is 1. The fraction of sp³-hybridized carbons (Fsp3) is 0.333. The lowest BCUT2D eigenvalue weighted by Gasteiger charge is -2.19. The predicted octanol–water partition coefficient (Wildman–Crippen LogP) is 3.44. The van der Waals surface area contributed by atoms with Crippen molar-refractivity contribution in [3.05, 3.63) is 39.9 Å². The molecule has 0 unspecified atom stereocenters. The van der Waals surface area contributed by atoms with Gasteiger partial charge in [-0.3, -0.25) is 0 Å². The Morgan fingerprint density at radius 2 is 1.57 bits per heavy atom. The van der Waals surface area contributed by atoms with E-state index in [0.29, 0.717) is 0 Å². The van der Waals surface area contributed by atoms with Crippen molar-refractivity contribution in [1.29, 1.82) is 0 Å². The molecule has 0 amide bonds. The van der Waals surface area contributed by atoms with E-state index in [-0.39, 0.29) is 0 Å². The van der Waals surface area contributed by atoms with E-state index in [1.807, 2.05) is 0 Å². The second-order valence-corrected chi connectivity index (χ2v) is 4.56. The summed E-state index contributed by atoms with van der Waals surface area (Å²) >= 11 is 3.59. The molecule has 0 saturated heterocycles. The third-order valence-electron chi connectivity index (χ3n) is 2.60. The molecule has 2 heteroatoms. The van der Waals surface area contributed by atoms with Gasteiger partial charge in [0.25, 0.3) is 0 Å². The second kappa shape index (κ2) is 3.77. The van der Waals surface area contributed by atoms with Crippen molar-refractivity contribution in [3.8, 4) is 0 Å². The van der Waals surface area contributed by atoms with E-state index >= 15 is 0 Å². The summed E-state index contributed by atoms with van der Waals surface area (Å²) < 4.78 is 1.23. The number of aryl methyl sites for hydroxylation is 2. The lowest BCUT2D eigenvalue weighted by molar-refractivity contribution is 1.00. The van der Waals surface area contributed by atoms with E-state index in [0.717, 1.165) is 13.1 Å². The number of hydrogen-bond acceptors (Lipinski definition) is 1. The van der Waals surface area contributed by atoms with Crippen LogP contribution in [-0.2, 0) is 0 Å². The molecule has 0 fully saturated rings. The third-order valence-corrected chi connectivity index (χ3v) is 3.86. The monoisotopic (exact) mass is 251 g/mol. The number of anilines is 1. The molecule has 74 valence electrons. The zero-order valence-electron chi connectivity index (χ0n) is 8.55. The van der Waals surface area contributed by atoms with Crippen LogP contribution in [0.15, 0.2) is 28.8 Å². The first-order chi connectivity index (χ1) is 6.68. The van der Waals surface area contributed by atoms with Crippen LogP contribution in [-0.4, -0.2) is 13.1 Å². The van der Waals surface area contributed by atoms with Crippen LogP contribution in [0.25, 0.3) is 0 Å². The summed E-state index contributed by atoms with van der Waals surface area (Å²) in [6, 6.07) is 4.48. The van der Waals surface area contributed by atoms with Crippen LogP contribution in [0.2, 0.25) is 0 Å². The normalized spacial score (nSPS) is 15.2. The minimum Gasteiger partial charge on any atom is -0.364 e. The van der Waals surface area contributed by atoms with Gasteiger partial charge < -0.3 is 4.90 Å². The molecule has 0 aliphatic carbocycles. The molecular formula is C12H14BrN. The maximum absolute atomic E-state index is 3.59. The summed E-state index contributed by atoms with van der Waals surface area (Å²) in [5.41, 5.74) is 3.95. The van der Waals surface area contributed by atoms with Crippen molar-refractivity contribution >= 4 is 21.6 Å². The molecule has 1 aromatic rings. The minimum absolute atomic E-state index is 1.04. The summed E-state index contributed by atoms with van der Waals surface area (Å²) in [5, 5.41) is 0. The van der Waals surface area contributed by atoms with Crippen molar-refractivity contribution in [3.63, 3.8) is 0 Å². The van der Waals surface area contributed by atoms with E-state index in [9.17, 15) is 0 Å². The summed E-state index contributed by atoms with van der Waals surface area (Å²) in [6.07, 6.45) is 4.43. The maximum atomic E-state index is 3.59. The first-order valence-corrected chi connectivity index (χ1v) is 5.64. The minimum atomic E-state index is 1.04. The van der Waals surface area contributed by atoms with E-state index in [1.165, 1.54) is 21.3 Å². The SMILES string of the molecule is Cc1cc(N2CC=CC2)cc(C)c1Br. The highest BCUT2D eigenvalue weighted by atomic mass is 79.9. The van der Waals surface area contributed by atoms with Gasteiger partial charge in [-0.2, -0.15) is 0 Å². The summed E-state index contributed by atoms with van der Waals surface area (Å²) in [7, 11) is 0. The van der Waals surface area contributed by atoms with Crippen LogP contribution in [0.5, 0.6) is 0 Å². The molecule has 0 spiro atoms. The quantitative estimate of drug-likeness (QED) is 0.692. The highest BCUT2D eigenvalue weighted by molar-refractivity contribution is 9.10. The number of rotatable bonds is 1. The summed E-state index contributed by atoms with van der Waals surface area (Å²) in [4.78, 5) is 2.37. The summed E-state index contributed by atoms with van der Waals surface area (Å²) in [6.45, 7) is 6.37. The van der Waals surface area contributed by atoms with Crippen molar-refractivity contribution < 1.29 is 0 Å². The van der Waals surface area contributed by atoms with Crippen LogP contribution < -0.4 is 4.90 Å². The van der Waals surface area contributed by atoms with E-state index in [2.05, 4.69) is 59.0 Å². The van der Waals surface area contributed by atoms with Gasteiger partial charge in [0.2, 0.25) is 0 Å². The smallest absolute Gasteiger partial charge is 0.0377 e. The van der Waals surface area contributed by atoms with Gasteiger partial charge in [-0.15, -0.1) is 0 Å². The van der Waals surface area contributed by atoms with Gasteiger partial charge in [0.15, 0.2) is 0 Å². The Labute approximate surface area is 93.6 Å². The maximum Gasteiger partial charge on any atom is 0.0377 e. The zero-order valence-corrected chi connectivity index (χ0v) is 10.1. The molecule has 0 bridgehead atoms. The Bertz CT molecular complexity index is 351. The third kappa shape index (κ3) is 1.71. The van der Waals surface area contributed by atoms with Gasteiger partial charge in [0.05, 0.1) is 0 Å². The zero-order chi connectivity index (χ0) is 10.1. The standard InChI is InChI=1S/C12H14BrN/c1-9-7-11(8-10(2)12(9)13)14-5-3-4-6-14/h3-4,7-8H,5-6H2,1-2H3. The number of halogens is 1. The summed E-state index contributed by atoms with van der Waals surface area (Å²) in [5.74, 6) is 0. The highest BCUT2D eigenvalue weighted by Gasteiger charge is 2.09. The molecule has 0 saturated carbocycles. The average molecular weight is 252 g/mol. The molecule has 14 heavy (non-hydrogen) atoms. The van der Waals surface area contributed by atoms with Crippen LogP contribution in [0, 0.1) is 13.8 Å². The molecule has 1 heterocycles. The Morgan fingerprint density at radius 1 is 1.07 bits per heavy atom. The Hall–Kier alpha value is -0.760. The lowest BCUT2D eigenvalue weighted by atomic mass is 10.1. The molecule has 0 radical (unpaired) electrons. The fourth-order valence-electron chi connectivity index (χ4n) is 1.79. The predicted molar refractivity (Wildman–Crippen MR) is 65.0 cm³/mol. The molecular weight excluding hydrogens is 238 g/mol. The van der Waals surface area contributed by atoms with Crippen molar-refractivity contribution in [2.45, 2.75) is 13.8 Å². The van der Waals surface area contributed by atoms with E-state index < -0.39 is 0 Å². The largest absolute Gasteiger partial charge is 0.364 e. The molecule has 0 aromatic heterocycles. The Kier molecular flexibility index (Phi) is 2.64. The Balaban J connectivity index is 2.35. The van der Waals surface area contributed by atoms with Gasteiger partial charge in [0, 0.05) is 23.2 Å². The molecule has 2 rings (SSSR count). The molecule has 1 aliphatic rings. The number of benzene rings is 1. The number of hydrogen-bond donors (Lipinski definition) is 0. The Morgan fingerprint density at radius 3 is 2.07 bits per heavy atom. The van der Waals surface area contributed by atoms with Crippen LogP contribution >= 0.6 is 15.9 Å². The molecule has 1 aliphatic heterocycles. The second-order valence-electron chi connectivity index (χ2n) is 3.77. The first-order valence-electron chi connectivity index (χ1n) is 4.85. The highest BCUT2D eigenvalue weighted by Crippen LogP contribution is 2.27. The van der Waals surface area contributed by atoms with Crippen molar-refractivity contribution in [1.82, 2.24) is 0 Å². The van der Waals surface area contributed by atoms with Crippen LogP contribution in [0.3, 0.4) is 0 Å².